The average molecular weight is 527 g/mol. The van der Waals surface area contributed by atoms with Gasteiger partial charge in [-0.2, -0.15) is 0 Å². The molecule has 0 aliphatic rings. The van der Waals surface area contributed by atoms with Gasteiger partial charge in [0.1, 0.15) is 0 Å². The fourth-order valence-electron chi connectivity index (χ4n) is 5.33. The summed E-state index contributed by atoms with van der Waals surface area (Å²) in [5.41, 5.74) is 5.03. The number of aromatic hydroxyl groups is 1. The van der Waals surface area contributed by atoms with Crippen LogP contribution in [0.15, 0.2) is 24.3 Å². The molecule has 5 nitrogen and oxygen atoms in total. The first-order chi connectivity index (χ1) is 15.9. The molecule has 0 amide bonds. The van der Waals surface area contributed by atoms with E-state index in [-0.39, 0.29) is 30.9 Å². The molecule has 2 aromatic carbocycles. The van der Waals surface area contributed by atoms with Crippen LogP contribution >= 0.6 is 7.82 Å². The third-order valence-corrected chi connectivity index (χ3v) is 8.22. The van der Waals surface area contributed by atoms with Crippen molar-refractivity contribution in [3.8, 4) is 11.5 Å². The van der Waals surface area contributed by atoms with E-state index in [1.165, 1.54) is 5.56 Å². The van der Waals surface area contributed by atoms with Crippen LogP contribution < -0.4 is 4.52 Å². The monoisotopic (exact) mass is 526 g/mol. The van der Waals surface area contributed by atoms with Gasteiger partial charge in [0.25, 0.3) is 0 Å². The van der Waals surface area contributed by atoms with Crippen LogP contribution in [0.2, 0.25) is 0 Å². The van der Waals surface area contributed by atoms with Gasteiger partial charge in [0, 0.05) is 0 Å². The van der Waals surface area contributed by atoms with Crippen molar-refractivity contribution in [2.45, 2.75) is 108 Å². The van der Waals surface area contributed by atoms with E-state index in [4.69, 9.17) is 4.52 Å². The van der Waals surface area contributed by atoms with Crippen molar-refractivity contribution in [1.29, 1.82) is 0 Å². The standard InChI is InChI=1S/C29H44O5P.Na/c1-26(2,3)20-13-15-22(30)24(28(7,8)9)18(20)17-19-21(27(4,5)6)14-16-23(34-35(31,32)33)25(19)29(10,11)12;/h13-17,30H,1-12H3,(H2,31,32,33);. The summed E-state index contributed by atoms with van der Waals surface area (Å²) in [6.45, 7) is 25.6. The Bertz CT molecular complexity index is 1170. The molecule has 1 atom stereocenters. The van der Waals surface area contributed by atoms with Gasteiger partial charge >= 0.3 is 237 Å². The van der Waals surface area contributed by atoms with Gasteiger partial charge in [-0.15, -0.1) is 0 Å². The third kappa shape index (κ3) is 6.98. The first-order valence-electron chi connectivity index (χ1n) is 12.7. The van der Waals surface area contributed by atoms with Gasteiger partial charge in [0.2, 0.25) is 0 Å². The molecule has 0 aliphatic carbocycles. The first-order valence-corrected chi connectivity index (χ1v) is 15.4. The van der Waals surface area contributed by atoms with Crippen molar-refractivity contribution >= 4 is 35.8 Å². The molecule has 2 rings (SSSR count). The molecule has 0 aromatic heterocycles. The Morgan fingerprint density at radius 1 is 0.694 bits per heavy atom. The molecule has 1 unspecified atom stereocenters. The Kier molecular flexibility index (Phi) is 8.78. The van der Waals surface area contributed by atoms with Crippen molar-refractivity contribution in [3.63, 3.8) is 0 Å². The Labute approximate surface area is 235 Å². The van der Waals surface area contributed by atoms with E-state index in [0.29, 0.717) is 0 Å². The molecule has 0 radical (unpaired) electrons. The van der Waals surface area contributed by atoms with E-state index in [9.17, 15) is 19.5 Å². The minimum absolute atomic E-state index is 0.0516. The Morgan fingerprint density at radius 3 is 1.44 bits per heavy atom. The summed E-state index contributed by atoms with van der Waals surface area (Å²) in [6, 6.07) is 7.50. The zero-order valence-corrected chi connectivity index (χ0v) is 27.4. The van der Waals surface area contributed by atoms with Crippen molar-refractivity contribution in [3.05, 3.63) is 57.6 Å². The van der Waals surface area contributed by atoms with Crippen LogP contribution in [-0.4, -0.2) is 42.8 Å². The maximum absolute atomic E-state index is 12.0. The molecule has 7 heteroatoms. The van der Waals surface area contributed by atoms with Crippen LogP contribution in [0.25, 0.3) is 0 Å². The number of phosphoric ester groups is 1. The molecule has 0 spiro atoms. The van der Waals surface area contributed by atoms with Gasteiger partial charge < -0.3 is 0 Å². The number of benzene rings is 2. The molecule has 0 heterocycles. The van der Waals surface area contributed by atoms with Crippen LogP contribution in [0.3, 0.4) is 0 Å². The fraction of sp³-hybridized carbons (Fsp3) is 0.586. The minimum atomic E-state index is -4.77. The average Bonchev–Trinajstić information content (AvgIpc) is 2.61. The van der Waals surface area contributed by atoms with Gasteiger partial charge in [-0.05, 0) is 0 Å². The van der Waals surface area contributed by atoms with Crippen LogP contribution in [0, 0.1) is 0 Å². The SMILES string of the molecule is CC(C)(C)c1ccc(O)c(C(C)(C)C)c1[CH]([Na])c1c(C(C)(C)C)ccc(OP(=O)(O)O)c1C(C)(C)C. The Morgan fingerprint density at radius 2 is 1.08 bits per heavy atom. The van der Waals surface area contributed by atoms with Crippen molar-refractivity contribution in [2.24, 2.45) is 0 Å². The van der Waals surface area contributed by atoms with Crippen LogP contribution in [0.4, 0.5) is 0 Å². The number of rotatable bonds is 4. The van der Waals surface area contributed by atoms with E-state index in [1.54, 1.807) is 6.07 Å². The van der Waals surface area contributed by atoms with Crippen molar-refractivity contribution in [2.75, 3.05) is 0 Å². The summed E-state index contributed by atoms with van der Waals surface area (Å²) < 4.78 is 17.2. The van der Waals surface area contributed by atoms with E-state index < -0.39 is 13.2 Å². The van der Waals surface area contributed by atoms with Crippen LogP contribution in [-0.2, 0) is 26.2 Å². The van der Waals surface area contributed by atoms with Crippen molar-refractivity contribution < 1.29 is 24.0 Å². The molecule has 0 aliphatic heterocycles. The summed E-state index contributed by atoms with van der Waals surface area (Å²) in [6.07, 6.45) is 0. The summed E-state index contributed by atoms with van der Waals surface area (Å²) in [4.78, 5) is 19.5. The van der Waals surface area contributed by atoms with E-state index in [2.05, 4.69) is 83.1 Å². The van der Waals surface area contributed by atoms with Crippen LogP contribution in [0.1, 0.15) is 120 Å². The van der Waals surface area contributed by atoms with Gasteiger partial charge in [-0.25, -0.2) is 0 Å². The molecule has 0 saturated heterocycles. The molecule has 0 fully saturated rings. The Hall–Kier alpha value is -0.810. The molecular weight excluding hydrogens is 482 g/mol. The fourth-order valence-corrected chi connectivity index (χ4v) is 6.93. The maximum atomic E-state index is 12.0. The molecule has 2 aromatic rings. The summed E-state index contributed by atoms with van der Waals surface area (Å²) in [5.74, 6) is 0.498. The summed E-state index contributed by atoms with van der Waals surface area (Å²) in [5, 5.41) is 11.2. The predicted molar refractivity (Wildman–Crippen MR) is 150 cm³/mol. The molecule has 196 valence electrons. The summed E-state index contributed by atoms with van der Waals surface area (Å²) >= 11 is 0.720. The second kappa shape index (κ2) is 10.1. The van der Waals surface area contributed by atoms with Gasteiger partial charge in [0.15, 0.2) is 0 Å². The van der Waals surface area contributed by atoms with Gasteiger partial charge in [-0.3, -0.25) is 0 Å². The normalized spacial score (nSPS) is 14.7. The predicted octanol–water partition coefficient (Wildman–Crippen LogP) is 7.31. The second-order valence-electron chi connectivity index (χ2n) is 14.1. The van der Waals surface area contributed by atoms with Gasteiger partial charge in [-0.1, -0.05) is 0 Å². The number of phenols is 1. The second-order valence-corrected chi connectivity index (χ2v) is 16.4. The zero-order chi connectivity index (χ0) is 28.2. The molecule has 36 heavy (non-hydrogen) atoms. The quantitative estimate of drug-likeness (QED) is 0.287. The first kappa shape index (κ1) is 31.4. The van der Waals surface area contributed by atoms with Crippen molar-refractivity contribution in [1.82, 2.24) is 0 Å². The van der Waals surface area contributed by atoms with Crippen LogP contribution in [0.5, 0.6) is 11.5 Å². The van der Waals surface area contributed by atoms with E-state index >= 15 is 0 Å². The Balaban J connectivity index is 3.19. The molecule has 3 N–H and O–H groups in total. The number of phenolic OH excluding ortho intramolecular Hbond substituents is 1. The number of hydrogen-bond acceptors (Lipinski definition) is 3. The topological polar surface area (TPSA) is 87.0 Å². The molecule has 0 bridgehead atoms. The third-order valence-electron chi connectivity index (χ3n) is 6.63. The number of phosphoric acid groups is 1. The molecule has 0 saturated carbocycles. The molecular formula is C29H44NaO5P. The number of hydrogen-bond donors (Lipinski definition) is 3. The zero-order valence-electron chi connectivity index (χ0n) is 24.5. The van der Waals surface area contributed by atoms with E-state index in [0.717, 1.165) is 55.7 Å². The van der Waals surface area contributed by atoms with E-state index in [1.807, 2.05) is 18.2 Å². The summed E-state index contributed by atoms with van der Waals surface area (Å²) in [7, 11) is -4.77. The van der Waals surface area contributed by atoms with Gasteiger partial charge in [0.05, 0.1) is 0 Å².